The summed E-state index contributed by atoms with van der Waals surface area (Å²) in [6.45, 7) is -0.377. The summed E-state index contributed by atoms with van der Waals surface area (Å²) < 4.78 is 13.2. The van der Waals surface area contributed by atoms with Gasteiger partial charge in [0.25, 0.3) is 0 Å². The molecule has 0 atom stereocenters. The first-order valence-electron chi connectivity index (χ1n) is 3.74. The molecule has 0 spiro atoms. The predicted octanol–water partition coefficient (Wildman–Crippen LogP) is 0.875. The van der Waals surface area contributed by atoms with Crippen molar-refractivity contribution in [3.8, 4) is 0 Å². The molecule has 0 fully saturated rings. The summed E-state index contributed by atoms with van der Waals surface area (Å²) in [6.07, 6.45) is 0. The first-order chi connectivity index (χ1) is 6.57. The molecule has 0 saturated heterocycles. The molecule has 0 aliphatic heterocycles. The first-order valence-corrected chi connectivity index (χ1v) is 3.74. The van der Waals surface area contributed by atoms with Crippen molar-refractivity contribution < 1.29 is 14.1 Å². The molecule has 5 nitrogen and oxygen atoms in total. The molecule has 1 aromatic carbocycles. The highest BCUT2D eigenvalue weighted by molar-refractivity contribution is 5.98. The number of nitrogens with zero attached hydrogens (tertiary/aromatic N) is 1. The summed E-state index contributed by atoms with van der Waals surface area (Å²) in [5.41, 5.74) is 3.95. The zero-order valence-electron chi connectivity index (χ0n) is 7.07. The maximum absolute atomic E-state index is 13.2. The summed E-state index contributed by atoms with van der Waals surface area (Å²) in [5.74, 6) is -1.79. The van der Waals surface area contributed by atoms with Gasteiger partial charge in [-0.05, 0) is 6.07 Å². The van der Waals surface area contributed by atoms with E-state index < -0.39 is 22.2 Å². The molecule has 2 N–H and O–H groups in total. The topological polar surface area (TPSA) is 86.2 Å². The molecule has 1 aromatic rings. The fourth-order valence-electron chi connectivity index (χ4n) is 0.986. The van der Waals surface area contributed by atoms with Crippen molar-refractivity contribution in [1.82, 2.24) is 0 Å². The lowest BCUT2D eigenvalue weighted by molar-refractivity contribution is -0.387. The lowest BCUT2D eigenvalue weighted by atomic mass is 10.1. The van der Waals surface area contributed by atoms with Gasteiger partial charge in [0, 0.05) is 6.07 Å². The highest BCUT2D eigenvalue weighted by Crippen LogP contribution is 2.20. The Labute approximate surface area is 78.5 Å². The van der Waals surface area contributed by atoms with Crippen LogP contribution in [0, 0.1) is 15.9 Å². The number of benzene rings is 1. The third kappa shape index (κ3) is 1.74. The molecule has 14 heavy (non-hydrogen) atoms. The average Bonchev–Trinajstić information content (AvgIpc) is 2.16. The van der Waals surface area contributed by atoms with E-state index in [0.717, 1.165) is 12.1 Å². The summed E-state index contributed by atoms with van der Waals surface area (Å²) in [6, 6.07) is 3.39. The Kier molecular flexibility index (Phi) is 2.88. The van der Waals surface area contributed by atoms with E-state index >= 15 is 0 Å². The third-order valence-electron chi connectivity index (χ3n) is 1.66. The SMILES string of the molecule is NCC(=O)c1cccc([N+](=O)[O-])c1F. The Morgan fingerprint density at radius 3 is 2.71 bits per heavy atom. The summed E-state index contributed by atoms with van der Waals surface area (Å²) in [5, 5.41) is 10.3. The maximum atomic E-state index is 13.2. The van der Waals surface area contributed by atoms with E-state index in [1.165, 1.54) is 6.07 Å². The van der Waals surface area contributed by atoms with Crippen molar-refractivity contribution in [2.75, 3.05) is 6.54 Å². The Morgan fingerprint density at radius 1 is 1.57 bits per heavy atom. The quantitative estimate of drug-likeness (QED) is 0.443. The molecule has 6 heteroatoms. The van der Waals surface area contributed by atoms with Crippen LogP contribution in [0.4, 0.5) is 10.1 Å². The monoisotopic (exact) mass is 198 g/mol. The van der Waals surface area contributed by atoms with Crippen LogP contribution in [0.1, 0.15) is 10.4 Å². The number of rotatable bonds is 3. The van der Waals surface area contributed by atoms with Crippen LogP contribution >= 0.6 is 0 Å². The number of hydrogen-bond acceptors (Lipinski definition) is 4. The predicted molar refractivity (Wildman–Crippen MR) is 46.4 cm³/mol. The fourth-order valence-corrected chi connectivity index (χ4v) is 0.986. The second-order valence-corrected chi connectivity index (χ2v) is 2.52. The molecule has 0 aromatic heterocycles. The molecule has 0 radical (unpaired) electrons. The van der Waals surface area contributed by atoms with E-state index in [0.29, 0.717) is 0 Å². The van der Waals surface area contributed by atoms with Gasteiger partial charge in [0.1, 0.15) is 0 Å². The molecule has 1 rings (SSSR count). The summed E-state index contributed by atoms with van der Waals surface area (Å²) in [4.78, 5) is 20.4. The minimum atomic E-state index is -1.13. The highest BCUT2D eigenvalue weighted by Gasteiger charge is 2.20. The number of hydrogen-bond donors (Lipinski definition) is 1. The Bertz CT molecular complexity index is 392. The molecule has 0 aliphatic carbocycles. The minimum absolute atomic E-state index is 0.346. The van der Waals surface area contributed by atoms with Crippen LogP contribution in [-0.2, 0) is 0 Å². The van der Waals surface area contributed by atoms with Gasteiger partial charge in [0.05, 0.1) is 17.0 Å². The van der Waals surface area contributed by atoms with Crippen molar-refractivity contribution in [3.63, 3.8) is 0 Å². The number of ketones is 1. The zero-order valence-corrected chi connectivity index (χ0v) is 7.07. The van der Waals surface area contributed by atoms with E-state index in [4.69, 9.17) is 5.73 Å². The van der Waals surface area contributed by atoms with Gasteiger partial charge in [0.15, 0.2) is 5.78 Å². The van der Waals surface area contributed by atoms with Crippen LogP contribution in [0.25, 0.3) is 0 Å². The highest BCUT2D eigenvalue weighted by atomic mass is 19.1. The molecule has 0 aliphatic rings. The van der Waals surface area contributed by atoms with Gasteiger partial charge in [-0.25, -0.2) is 0 Å². The van der Waals surface area contributed by atoms with Crippen molar-refractivity contribution in [3.05, 3.63) is 39.7 Å². The van der Waals surface area contributed by atoms with Crippen molar-refractivity contribution in [2.24, 2.45) is 5.73 Å². The fraction of sp³-hybridized carbons (Fsp3) is 0.125. The Morgan fingerprint density at radius 2 is 2.21 bits per heavy atom. The smallest absolute Gasteiger partial charge is 0.305 e. The molecule has 0 heterocycles. The summed E-state index contributed by atoms with van der Waals surface area (Å²) >= 11 is 0. The van der Waals surface area contributed by atoms with Gasteiger partial charge in [-0.2, -0.15) is 4.39 Å². The van der Waals surface area contributed by atoms with Crippen molar-refractivity contribution in [2.45, 2.75) is 0 Å². The standard InChI is InChI=1S/C8H7FN2O3/c9-8-5(7(12)4-10)2-1-3-6(8)11(13)14/h1-3H,4,10H2. The van der Waals surface area contributed by atoms with Crippen molar-refractivity contribution in [1.29, 1.82) is 0 Å². The van der Waals surface area contributed by atoms with Gasteiger partial charge in [0.2, 0.25) is 5.82 Å². The second kappa shape index (κ2) is 3.93. The van der Waals surface area contributed by atoms with E-state index in [9.17, 15) is 19.3 Å². The molecule has 0 unspecified atom stereocenters. The number of carbonyl (C=O) groups is 1. The second-order valence-electron chi connectivity index (χ2n) is 2.52. The van der Waals surface area contributed by atoms with Crippen LogP contribution in [0.15, 0.2) is 18.2 Å². The first kappa shape index (κ1) is 10.3. The molecule has 0 bridgehead atoms. The van der Waals surface area contributed by atoms with Crippen LogP contribution in [0.2, 0.25) is 0 Å². The number of Topliss-reactive ketones (excluding diaryl/α,β-unsaturated/α-hetero) is 1. The van der Waals surface area contributed by atoms with Crippen LogP contribution in [0.3, 0.4) is 0 Å². The molecule has 0 amide bonds. The van der Waals surface area contributed by atoms with E-state index in [2.05, 4.69) is 0 Å². The number of carbonyl (C=O) groups excluding carboxylic acids is 1. The largest absolute Gasteiger partial charge is 0.324 e. The average molecular weight is 198 g/mol. The van der Waals surface area contributed by atoms with Crippen molar-refractivity contribution >= 4 is 11.5 Å². The molecule has 74 valence electrons. The van der Waals surface area contributed by atoms with Gasteiger partial charge in [-0.15, -0.1) is 0 Å². The van der Waals surface area contributed by atoms with Gasteiger partial charge < -0.3 is 5.73 Å². The number of nitro groups is 1. The number of halogens is 1. The Hall–Kier alpha value is -1.82. The minimum Gasteiger partial charge on any atom is -0.324 e. The van der Waals surface area contributed by atoms with Crippen LogP contribution < -0.4 is 5.73 Å². The molecule has 0 saturated carbocycles. The normalized spacial score (nSPS) is 9.86. The van der Waals surface area contributed by atoms with E-state index in [1.807, 2.05) is 0 Å². The number of nitrogens with two attached hydrogens (primary N) is 1. The van der Waals surface area contributed by atoms with Gasteiger partial charge in [-0.3, -0.25) is 14.9 Å². The van der Waals surface area contributed by atoms with Gasteiger partial charge in [-0.1, -0.05) is 6.07 Å². The zero-order chi connectivity index (χ0) is 10.7. The molecular weight excluding hydrogens is 191 g/mol. The van der Waals surface area contributed by atoms with Gasteiger partial charge >= 0.3 is 5.69 Å². The van der Waals surface area contributed by atoms with Crippen LogP contribution in [-0.4, -0.2) is 17.3 Å². The van der Waals surface area contributed by atoms with E-state index in [1.54, 1.807) is 0 Å². The maximum Gasteiger partial charge on any atom is 0.305 e. The molecular formula is C8H7FN2O3. The van der Waals surface area contributed by atoms with Crippen LogP contribution in [0.5, 0.6) is 0 Å². The number of nitro benzene ring substituents is 1. The Balaban J connectivity index is 3.27. The third-order valence-corrected chi connectivity index (χ3v) is 1.66. The van der Waals surface area contributed by atoms with E-state index in [-0.39, 0.29) is 12.1 Å². The summed E-state index contributed by atoms with van der Waals surface area (Å²) in [7, 11) is 0. The lowest BCUT2D eigenvalue weighted by Gasteiger charge is -1.99. The lowest BCUT2D eigenvalue weighted by Crippen LogP contribution is -2.15.